The van der Waals surface area contributed by atoms with Crippen LogP contribution < -0.4 is 0 Å². The number of aromatic nitrogens is 2. The number of carboxylic acids is 1. The van der Waals surface area contributed by atoms with E-state index in [0.717, 1.165) is 15.8 Å². The molecule has 1 saturated heterocycles. The molecule has 0 saturated carbocycles. The number of rotatable bonds is 3. The second-order valence-corrected chi connectivity index (χ2v) is 5.52. The van der Waals surface area contributed by atoms with Crippen LogP contribution in [0.3, 0.4) is 0 Å². The van der Waals surface area contributed by atoms with Gasteiger partial charge in [0.2, 0.25) is 0 Å². The third kappa shape index (κ3) is 2.93. The molecule has 0 aromatic carbocycles. The van der Waals surface area contributed by atoms with Crippen LogP contribution in [-0.4, -0.2) is 44.8 Å². The normalized spacial score (nSPS) is 19.0. The first-order chi connectivity index (χ1) is 10.1. The predicted molar refractivity (Wildman–Crippen MR) is 69.3 cm³/mol. The van der Waals surface area contributed by atoms with Gasteiger partial charge in [0.25, 0.3) is 5.91 Å². The van der Waals surface area contributed by atoms with Crippen LogP contribution in [0.25, 0.3) is 0 Å². The van der Waals surface area contributed by atoms with Crippen LogP contribution in [0.15, 0.2) is 6.20 Å². The van der Waals surface area contributed by atoms with Crippen molar-refractivity contribution in [3.8, 4) is 0 Å². The highest BCUT2D eigenvalue weighted by Crippen LogP contribution is 2.34. The molecule has 1 N–H and O–H groups in total. The van der Waals surface area contributed by atoms with Crippen LogP contribution >= 0.6 is 0 Å². The number of halogens is 3. The molecule has 1 unspecified atom stereocenters. The van der Waals surface area contributed by atoms with E-state index in [9.17, 15) is 22.8 Å². The zero-order valence-electron chi connectivity index (χ0n) is 12.1. The quantitative estimate of drug-likeness (QED) is 0.925. The molecule has 1 atom stereocenters. The predicted octanol–water partition coefficient (Wildman–Crippen LogP) is 2.03. The van der Waals surface area contributed by atoms with E-state index in [-0.39, 0.29) is 19.5 Å². The molecule has 9 heteroatoms. The highest BCUT2D eigenvalue weighted by molar-refractivity contribution is 5.96. The number of amides is 1. The summed E-state index contributed by atoms with van der Waals surface area (Å²) in [7, 11) is 0. The molecule has 2 heterocycles. The van der Waals surface area contributed by atoms with E-state index in [1.807, 2.05) is 0 Å². The standard InChI is InChI=1S/C13H16F3N3O3/c1-7(2)19-10(13(14,15)16)9(5-17-19)11(20)18-4-3-8(6-18)12(21)22/h5,7-8H,3-4,6H2,1-2H3,(H,21,22). The minimum absolute atomic E-state index is 0.0850. The summed E-state index contributed by atoms with van der Waals surface area (Å²) in [5, 5.41) is 12.6. The number of carboxylic acid groups (broad SMARTS) is 1. The van der Waals surface area contributed by atoms with Gasteiger partial charge in [-0.1, -0.05) is 0 Å². The van der Waals surface area contributed by atoms with Gasteiger partial charge in [-0.15, -0.1) is 0 Å². The Bertz CT molecular complexity index is 595. The maximum atomic E-state index is 13.2. The fourth-order valence-electron chi connectivity index (χ4n) is 2.51. The van der Waals surface area contributed by atoms with Crippen molar-refractivity contribution < 1.29 is 27.9 Å². The number of likely N-dealkylation sites (tertiary alicyclic amines) is 1. The van der Waals surface area contributed by atoms with Gasteiger partial charge in [-0.2, -0.15) is 18.3 Å². The summed E-state index contributed by atoms with van der Waals surface area (Å²) < 4.78 is 40.4. The fourth-order valence-corrected chi connectivity index (χ4v) is 2.51. The molecule has 1 aliphatic rings. The first-order valence-electron chi connectivity index (χ1n) is 6.79. The number of alkyl halides is 3. The van der Waals surface area contributed by atoms with Crippen LogP contribution in [0.1, 0.15) is 42.4 Å². The molecule has 0 spiro atoms. The van der Waals surface area contributed by atoms with Crippen molar-refractivity contribution >= 4 is 11.9 Å². The van der Waals surface area contributed by atoms with Crippen molar-refractivity contribution in [2.45, 2.75) is 32.5 Å². The molecule has 0 radical (unpaired) electrons. The summed E-state index contributed by atoms with van der Waals surface area (Å²) in [6.07, 6.45) is -3.57. The Balaban J connectivity index is 2.33. The van der Waals surface area contributed by atoms with E-state index in [4.69, 9.17) is 5.11 Å². The number of nitrogens with zero attached hydrogens (tertiary/aromatic N) is 3. The average Bonchev–Trinajstić information content (AvgIpc) is 3.04. The van der Waals surface area contributed by atoms with Gasteiger partial charge >= 0.3 is 12.1 Å². The van der Waals surface area contributed by atoms with Crippen molar-refractivity contribution in [3.63, 3.8) is 0 Å². The van der Waals surface area contributed by atoms with Crippen LogP contribution in [0.4, 0.5) is 13.2 Å². The van der Waals surface area contributed by atoms with E-state index in [1.165, 1.54) is 13.8 Å². The Morgan fingerprint density at radius 1 is 1.41 bits per heavy atom. The first-order valence-corrected chi connectivity index (χ1v) is 6.79. The number of hydrogen-bond donors (Lipinski definition) is 1. The molecule has 0 aliphatic carbocycles. The number of aliphatic carboxylic acids is 1. The van der Waals surface area contributed by atoms with Crippen molar-refractivity contribution in [1.29, 1.82) is 0 Å². The van der Waals surface area contributed by atoms with E-state index < -0.39 is 41.3 Å². The molecule has 22 heavy (non-hydrogen) atoms. The minimum Gasteiger partial charge on any atom is -0.481 e. The zero-order chi connectivity index (χ0) is 16.7. The van der Waals surface area contributed by atoms with Gasteiger partial charge in [-0.25, -0.2) is 0 Å². The van der Waals surface area contributed by atoms with Crippen LogP contribution in [0.5, 0.6) is 0 Å². The summed E-state index contributed by atoms with van der Waals surface area (Å²) in [6, 6.07) is -0.552. The van der Waals surface area contributed by atoms with Gasteiger partial charge in [0.05, 0.1) is 17.7 Å². The Labute approximate surface area is 124 Å². The lowest BCUT2D eigenvalue weighted by atomic mass is 10.1. The van der Waals surface area contributed by atoms with E-state index in [1.54, 1.807) is 0 Å². The van der Waals surface area contributed by atoms with Gasteiger partial charge < -0.3 is 10.0 Å². The Morgan fingerprint density at radius 2 is 2.05 bits per heavy atom. The molecule has 1 aromatic heterocycles. The molecule has 1 amide bonds. The third-order valence-corrected chi connectivity index (χ3v) is 3.61. The zero-order valence-corrected chi connectivity index (χ0v) is 12.1. The second-order valence-electron chi connectivity index (χ2n) is 5.52. The number of hydrogen-bond acceptors (Lipinski definition) is 3. The maximum Gasteiger partial charge on any atom is 0.433 e. The van der Waals surface area contributed by atoms with Gasteiger partial charge in [0, 0.05) is 19.1 Å². The van der Waals surface area contributed by atoms with Crippen molar-refractivity contribution in [2.75, 3.05) is 13.1 Å². The van der Waals surface area contributed by atoms with E-state index >= 15 is 0 Å². The van der Waals surface area contributed by atoms with Crippen LogP contribution in [-0.2, 0) is 11.0 Å². The number of carbonyl (C=O) groups excluding carboxylic acids is 1. The summed E-state index contributed by atoms with van der Waals surface area (Å²) >= 11 is 0. The Hall–Kier alpha value is -2.06. The van der Waals surface area contributed by atoms with Crippen LogP contribution in [0.2, 0.25) is 0 Å². The monoisotopic (exact) mass is 319 g/mol. The lowest BCUT2D eigenvalue weighted by Gasteiger charge is -2.18. The molecule has 1 aromatic rings. The fraction of sp³-hybridized carbons (Fsp3) is 0.615. The van der Waals surface area contributed by atoms with Crippen LogP contribution in [0, 0.1) is 5.92 Å². The van der Waals surface area contributed by atoms with Gasteiger partial charge in [-0.05, 0) is 20.3 Å². The topological polar surface area (TPSA) is 75.4 Å². The lowest BCUT2D eigenvalue weighted by molar-refractivity contribution is -0.145. The SMILES string of the molecule is CC(C)n1ncc(C(=O)N2CCC(C(=O)O)C2)c1C(F)(F)F. The Kier molecular flexibility index (Phi) is 4.17. The number of carbonyl (C=O) groups is 2. The summed E-state index contributed by atoms with van der Waals surface area (Å²) in [5.74, 6) is -2.62. The molecule has 1 fully saturated rings. The highest BCUT2D eigenvalue weighted by atomic mass is 19.4. The summed E-state index contributed by atoms with van der Waals surface area (Å²) in [6.45, 7) is 3.11. The van der Waals surface area contributed by atoms with Crippen molar-refractivity contribution in [1.82, 2.24) is 14.7 Å². The van der Waals surface area contributed by atoms with E-state index in [2.05, 4.69) is 5.10 Å². The van der Waals surface area contributed by atoms with E-state index in [0.29, 0.717) is 0 Å². The summed E-state index contributed by atoms with van der Waals surface area (Å²) in [4.78, 5) is 24.3. The Morgan fingerprint density at radius 3 is 2.50 bits per heavy atom. The lowest BCUT2D eigenvalue weighted by Crippen LogP contribution is -2.31. The highest BCUT2D eigenvalue weighted by Gasteiger charge is 2.42. The van der Waals surface area contributed by atoms with Crippen molar-refractivity contribution in [2.24, 2.45) is 5.92 Å². The first kappa shape index (κ1) is 16.3. The second kappa shape index (κ2) is 5.62. The maximum absolute atomic E-state index is 13.2. The van der Waals surface area contributed by atoms with Gasteiger partial charge in [0.1, 0.15) is 0 Å². The summed E-state index contributed by atoms with van der Waals surface area (Å²) in [5.41, 5.74) is -1.63. The molecule has 2 rings (SSSR count). The van der Waals surface area contributed by atoms with Gasteiger partial charge in [-0.3, -0.25) is 14.3 Å². The molecule has 122 valence electrons. The van der Waals surface area contributed by atoms with Crippen molar-refractivity contribution in [3.05, 3.63) is 17.5 Å². The van der Waals surface area contributed by atoms with Gasteiger partial charge in [0.15, 0.2) is 5.69 Å². The minimum atomic E-state index is -4.71. The molecule has 1 aliphatic heterocycles. The molecular weight excluding hydrogens is 303 g/mol. The third-order valence-electron chi connectivity index (χ3n) is 3.61. The molecular formula is C13H16F3N3O3. The largest absolute Gasteiger partial charge is 0.481 e. The molecule has 0 bridgehead atoms. The molecule has 6 nitrogen and oxygen atoms in total. The smallest absolute Gasteiger partial charge is 0.433 e. The average molecular weight is 319 g/mol.